The molecular formula is C8H16ClN3O2S. The molecule has 1 saturated heterocycles. The van der Waals surface area contributed by atoms with Crippen molar-refractivity contribution in [2.24, 2.45) is 11.5 Å². The molecule has 0 atom stereocenters. The molecule has 1 aliphatic heterocycles. The smallest absolute Gasteiger partial charge is 0.293 e. The summed E-state index contributed by atoms with van der Waals surface area (Å²) in [5.74, 6) is 0.456. The monoisotopic (exact) mass is 253 g/mol. The van der Waals surface area contributed by atoms with E-state index in [1.807, 2.05) is 0 Å². The predicted molar refractivity (Wildman–Crippen MR) is 62.9 cm³/mol. The van der Waals surface area contributed by atoms with Crippen LogP contribution in [0, 0.1) is 0 Å². The zero-order valence-corrected chi connectivity index (χ0v) is 10.2. The number of nitrogens with two attached hydrogens (primary N) is 2. The summed E-state index contributed by atoms with van der Waals surface area (Å²) in [7, 11) is 0. The van der Waals surface area contributed by atoms with Crippen LogP contribution in [-0.4, -0.2) is 46.8 Å². The summed E-state index contributed by atoms with van der Waals surface area (Å²) >= 11 is 1.77. The Labute approximate surface area is 99.3 Å². The minimum absolute atomic E-state index is 0. The van der Waals surface area contributed by atoms with E-state index in [2.05, 4.69) is 0 Å². The van der Waals surface area contributed by atoms with Gasteiger partial charge in [-0.05, 0) is 6.92 Å². The SMILES string of the molecule is CC(N)(N)C(=O)C(=O)N1CCSCC1.Cl. The van der Waals surface area contributed by atoms with Crippen molar-refractivity contribution < 1.29 is 9.59 Å². The molecule has 1 rings (SSSR count). The highest BCUT2D eigenvalue weighted by molar-refractivity contribution is 7.99. The van der Waals surface area contributed by atoms with Crippen molar-refractivity contribution in [2.45, 2.75) is 12.6 Å². The number of hydrogen-bond acceptors (Lipinski definition) is 5. The molecule has 1 aliphatic rings. The summed E-state index contributed by atoms with van der Waals surface area (Å²) in [5.41, 5.74) is 9.17. The molecule has 0 bridgehead atoms. The van der Waals surface area contributed by atoms with Gasteiger partial charge in [0.2, 0.25) is 0 Å². The molecule has 0 spiro atoms. The fraction of sp³-hybridized carbons (Fsp3) is 0.750. The molecule has 1 heterocycles. The van der Waals surface area contributed by atoms with Gasteiger partial charge in [-0.15, -0.1) is 12.4 Å². The van der Waals surface area contributed by atoms with E-state index in [4.69, 9.17) is 11.5 Å². The highest BCUT2D eigenvalue weighted by Crippen LogP contribution is 2.10. The third-order valence-electron chi connectivity index (χ3n) is 1.98. The zero-order valence-electron chi connectivity index (χ0n) is 8.56. The Morgan fingerprint density at radius 2 is 1.73 bits per heavy atom. The number of rotatable bonds is 2. The first kappa shape index (κ1) is 14.7. The van der Waals surface area contributed by atoms with Gasteiger partial charge in [-0.25, -0.2) is 0 Å². The number of hydrogen-bond donors (Lipinski definition) is 2. The quantitative estimate of drug-likeness (QED) is 0.496. The first-order valence-corrected chi connectivity index (χ1v) is 5.57. The lowest BCUT2D eigenvalue weighted by Crippen LogP contribution is -2.59. The number of amides is 1. The molecule has 0 aromatic carbocycles. The maximum absolute atomic E-state index is 11.6. The average molecular weight is 254 g/mol. The molecule has 0 aromatic heterocycles. The van der Waals surface area contributed by atoms with Crippen LogP contribution in [0.5, 0.6) is 0 Å². The molecular weight excluding hydrogens is 238 g/mol. The summed E-state index contributed by atoms with van der Waals surface area (Å²) in [5, 5.41) is 0. The van der Waals surface area contributed by atoms with Crippen molar-refractivity contribution >= 4 is 35.9 Å². The van der Waals surface area contributed by atoms with Gasteiger partial charge in [-0.1, -0.05) is 0 Å². The van der Waals surface area contributed by atoms with Gasteiger partial charge in [0, 0.05) is 24.6 Å². The van der Waals surface area contributed by atoms with Gasteiger partial charge in [-0.2, -0.15) is 11.8 Å². The van der Waals surface area contributed by atoms with Crippen LogP contribution in [-0.2, 0) is 9.59 Å². The molecule has 0 unspecified atom stereocenters. The number of halogens is 1. The fourth-order valence-corrected chi connectivity index (χ4v) is 2.04. The summed E-state index contributed by atoms with van der Waals surface area (Å²) in [4.78, 5) is 24.5. The minimum Gasteiger partial charge on any atom is -0.334 e. The fourth-order valence-electron chi connectivity index (χ4n) is 1.14. The molecule has 88 valence electrons. The van der Waals surface area contributed by atoms with Crippen LogP contribution in [0.15, 0.2) is 0 Å². The lowest BCUT2D eigenvalue weighted by Gasteiger charge is -2.28. The maximum atomic E-state index is 11.6. The molecule has 7 heteroatoms. The van der Waals surface area contributed by atoms with Gasteiger partial charge < -0.3 is 16.4 Å². The number of carbonyl (C=O) groups excluding carboxylic acids is 2. The molecule has 1 amide bonds. The summed E-state index contributed by atoms with van der Waals surface area (Å²) in [6.45, 7) is 2.54. The maximum Gasteiger partial charge on any atom is 0.293 e. The van der Waals surface area contributed by atoms with Crippen LogP contribution < -0.4 is 11.5 Å². The number of Topliss-reactive ketones (excluding diaryl/α,β-unsaturated/α-hetero) is 1. The van der Waals surface area contributed by atoms with E-state index in [9.17, 15) is 9.59 Å². The van der Waals surface area contributed by atoms with Crippen molar-refractivity contribution in [3.63, 3.8) is 0 Å². The number of thioether (sulfide) groups is 1. The largest absolute Gasteiger partial charge is 0.334 e. The van der Waals surface area contributed by atoms with Crippen LogP contribution in [0.2, 0.25) is 0 Å². The third kappa shape index (κ3) is 3.98. The Bertz CT molecular complexity index is 249. The topological polar surface area (TPSA) is 89.4 Å². The Hall–Kier alpha value is -0.300. The van der Waals surface area contributed by atoms with E-state index in [1.54, 1.807) is 11.8 Å². The van der Waals surface area contributed by atoms with Crippen LogP contribution in [0.25, 0.3) is 0 Å². The van der Waals surface area contributed by atoms with Gasteiger partial charge in [0.1, 0.15) is 5.66 Å². The lowest BCUT2D eigenvalue weighted by molar-refractivity contribution is -0.146. The van der Waals surface area contributed by atoms with Crippen LogP contribution in [0.4, 0.5) is 0 Å². The normalized spacial score (nSPS) is 16.9. The van der Waals surface area contributed by atoms with E-state index >= 15 is 0 Å². The van der Waals surface area contributed by atoms with Gasteiger partial charge in [-0.3, -0.25) is 9.59 Å². The summed E-state index contributed by atoms with van der Waals surface area (Å²) in [6, 6.07) is 0. The van der Waals surface area contributed by atoms with Gasteiger partial charge >= 0.3 is 0 Å². The second-order valence-electron chi connectivity index (χ2n) is 3.52. The molecule has 0 aromatic rings. The number of ketones is 1. The Kier molecular flexibility index (Phi) is 5.58. The highest BCUT2D eigenvalue weighted by Gasteiger charge is 2.33. The number of carbonyl (C=O) groups is 2. The molecule has 15 heavy (non-hydrogen) atoms. The standard InChI is InChI=1S/C8H15N3O2S.ClH/c1-8(9,10)6(12)7(13)11-2-4-14-5-3-11;/h2-5,9-10H2,1H3;1H. The van der Waals surface area contributed by atoms with Crippen LogP contribution in [0.3, 0.4) is 0 Å². The molecule has 0 aliphatic carbocycles. The van der Waals surface area contributed by atoms with E-state index in [0.29, 0.717) is 13.1 Å². The van der Waals surface area contributed by atoms with E-state index in [0.717, 1.165) is 11.5 Å². The van der Waals surface area contributed by atoms with Crippen molar-refractivity contribution in [1.29, 1.82) is 0 Å². The third-order valence-corrected chi connectivity index (χ3v) is 2.92. The minimum atomic E-state index is -1.55. The Morgan fingerprint density at radius 3 is 2.13 bits per heavy atom. The first-order valence-electron chi connectivity index (χ1n) is 4.42. The van der Waals surface area contributed by atoms with Gasteiger partial charge in [0.05, 0.1) is 0 Å². The van der Waals surface area contributed by atoms with Crippen molar-refractivity contribution in [1.82, 2.24) is 4.90 Å². The Balaban J connectivity index is 0.00000196. The average Bonchev–Trinajstić information content (AvgIpc) is 2.15. The highest BCUT2D eigenvalue weighted by atomic mass is 35.5. The number of nitrogens with zero attached hydrogens (tertiary/aromatic N) is 1. The lowest BCUT2D eigenvalue weighted by atomic mass is 10.1. The zero-order chi connectivity index (χ0) is 10.8. The van der Waals surface area contributed by atoms with Crippen molar-refractivity contribution in [2.75, 3.05) is 24.6 Å². The Morgan fingerprint density at radius 1 is 1.27 bits per heavy atom. The van der Waals surface area contributed by atoms with Crippen molar-refractivity contribution in [3.05, 3.63) is 0 Å². The molecule has 0 saturated carbocycles. The van der Waals surface area contributed by atoms with E-state index < -0.39 is 17.4 Å². The molecule has 0 radical (unpaired) electrons. The molecule has 1 fully saturated rings. The van der Waals surface area contributed by atoms with E-state index in [-0.39, 0.29) is 12.4 Å². The summed E-state index contributed by atoms with van der Waals surface area (Å²) < 4.78 is 0. The molecule has 5 nitrogen and oxygen atoms in total. The second-order valence-corrected chi connectivity index (χ2v) is 4.74. The molecule has 4 N–H and O–H groups in total. The van der Waals surface area contributed by atoms with Crippen LogP contribution in [0.1, 0.15) is 6.92 Å². The van der Waals surface area contributed by atoms with Gasteiger partial charge in [0.15, 0.2) is 0 Å². The summed E-state index contributed by atoms with van der Waals surface area (Å²) in [6.07, 6.45) is 0. The second kappa shape index (κ2) is 5.69. The van der Waals surface area contributed by atoms with Crippen molar-refractivity contribution in [3.8, 4) is 0 Å². The van der Waals surface area contributed by atoms with Gasteiger partial charge in [0.25, 0.3) is 11.7 Å². The first-order chi connectivity index (χ1) is 6.43. The van der Waals surface area contributed by atoms with E-state index in [1.165, 1.54) is 11.8 Å². The van der Waals surface area contributed by atoms with Crippen LogP contribution >= 0.6 is 24.2 Å². The predicted octanol–water partition coefficient (Wildman–Crippen LogP) is -0.814.